The van der Waals surface area contributed by atoms with Gasteiger partial charge < -0.3 is 14.6 Å². The highest BCUT2D eigenvalue weighted by Crippen LogP contribution is 2.33. The zero-order chi connectivity index (χ0) is 15.1. The number of aliphatic hydroxyl groups is 1. The Balaban J connectivity index is 2.01. The van der Waals surface area contributed by atoms with Crippen molar-refractivity contribution in [3.05, 3.63) is 58.6 Å². The zero-order valence-electron chi connectivity index (χ0n) is 11.5. The Hall–Kier alpha value is -2.86. The predicted octanol–water partition coefficient (Wildman–Crippen LogP) is 1.61. The van der Waals surface area contributed by atoms with Crippen molar-refractivity contribution >= 4 is 10.9 Å². The Labute approximate surface area is 125 Å². The lowest BCUT2D eigenvalue weighted by Gasteiger charge is -2.12. The summed E-state index contributed by atoms with van der Waals surface area (Å²) in [6, 6.07) is 12.2. The molecule has 1 aromatic heterocycles. The van der Waals surface area contributed by atoms with E-state index in [1.54, 1.807) is 42.5 Å². The lowest BCUT2D eigenvalue weighted by Crippen LogP contribution is -2.23. The number of hydrogen-bond donors (Lipinski definition) is 1. The molecule has 0 fully saturated rings. The van der Waals surface area contributed by atoms with Crippen molar-refractivity contribution in [1.29, 1.82) is 0 Å². The van der Waals surface area contributed by atoms with E-state index < -0.39 is 0 Å². The van der Waals surface area contributed by atoms with E-state index in [2.05, 4.69) is 4.98 Å². The fourth-order valence-corrected chi connectivity index (χ4v) is 2.58. The van der Waals surface area contributed by atoms with E-state index in [0.717, 1.165) is 0 Å². The molecule has 3 aromatic rings. The summed E-state index contributed by atoms with van der Waals surface area (Å²) >= 11 is 0. The van der Waals surface area contributed by atoms with E-state index in [0.29, 0.717) is 28.1 Å². The van der Waals surface area contributed by atoms with Gasteiger partial charge in [0.1, 0.15) is 12.4 Å². The second kappa shape index (κ2) is 4.85. The van der Waals surface area contributed by atoms with Crippen LogP contribution in [0.15, 0.2) is 47.3 Å². The monoisotopic (exact) mass is 296 g/mol. The number of para-hydroxylation sites is 1. The van der Waals surface area contributed by atoms with Gasteiger partial charge in [-0.3, -0.25) is 9.36 Å². The summed E-state index contributed by atoms with van der Waals surface area (Å²) in [5, 5.41) is 10.1. The van der Waals surface area contributed by atoms with Crippen LogP contribution in [0, 0.1) is 0 Å². The van der Waals surface area contributed by atoms with Crippen LogP contribution in [0.1, 0.15) is 5.82 Å². The number of benzene rings is 2. The summed E-state index contributed by atoms with van der Waals surface area (Å²) in [6.07, 6.45) is 0. The molecule has 0 atom stereocenters. The lowest BCUT2D eigenvalue weighted by atomic mass is 10.2. The van der Waals surface area contributed by atoms with Crippen LogP contribution in [-0.2, 0) is 6.61 Å². The van der Waals surface area contributed by atoms with Crippen molar-refractivity contribution in [1.82, 2.24) is 9.55 Å². The fourth-order valence-electron chi connectivity index (χ4n) is 2.58. The van der Waals surface area contributed by atoms with Gasteiger partial charge in [0.15, 0.2) is 11.5 Å². The highest BCUT2D eigenvalue weighted by molar-refractivity contribution is 5.77. The number of hydrogen-bond acceptors (Lipinski definition) is 5. The van der Waals surface area contributed by atoms with Gasteiger partial charge in [-0.25, -0.2) is 4.98 Å². The van der Waals surface area contributed by atoms with Crippen molar-refractivity contribution in [2.75, 3.05) is 6.79 Å². The van der Waals surface area contributed by atoms with Crippen LogP contribution >= 0.6 is 0 Å². The molecule has 0 amide bonds. The minimum absolute atomic E-state index is 0.163. The maximum atomic E-state index is 12.7. The molecule has 1 aliphatic heterocycles. The number of aliphatic hydroxyl groups excluding tert-OH is 1. The molecular formula is C16H12N2O4. The topological polar surface area (TPSA) is 73.6 Å². The van der Waals surface area contributed by atoms with Gasteiger partial charge in [0.2, 0.25) is 6.79 Å². The Morgan fingerprint density at radius 1 is 1.14 bits per heavy atom. The molecule has 0 spiro atoms. The van der Waals surface area contributed by atoms with Gasteiger partial charge in [0.25, 0.3) is 5.56 Å². The molecule has 1 N–H and O–H groups in total. The summed E-state index contributed by atoms with van der Waals surface area (Å²) in [7, 11) is 0. The highest BCUT2D eigenvalue weighted by atomic mass is 16.7. The minimum Gasteiger partial charge on any atom is -0.454 e. The summed E-state index contributed by atoms with van der Waals surface area (Å²) < 4.78 is 12.0. The molecule has 0 unspecified atom stereocenters. The molecule has 0 saturated carbocycles. The molecule has 0 aliphatic carbocycles. The molecule has 1 aliphatic rings. The molecule has 6 nitrogen and oxygen atoms in total. The summed E-state index contributed by atoms with van der Waals surface area (Å²) in [4.78, 5) is 17.1. The largest absolute Gasteiger partial charge is 0.454 e. The second-order valence-electron chi connectivity index (χ2n) is 4.88. The Bertz CT molecular complexity index is 933. The van der Waals surface area contributed by atoms with Crippen molar-refractivity contribution in [2.45, 2.75) is 6.61 Å². The SMILES string of the molecule is O=c1c2ccccc2nc(CO)n1-c1ccc2c(c1)OCO2. The molecule has 22 heavy (non-hydrogen) atoms. The van der Waals surface area contributed by atoms with E-state index in [4.69, 9.17) is 9.47 Å². The van der Waals surface area contributed by atoms with E-state index in [-0.39, 0.29) is 24.8 Å². The number of rotatable bonds is 2. The van der Waals surface area contributed by atoms with Gasteiger partial charge in [0.05, 0.1) is 16.6 Å². The van der Waals surface area contributed by atoms with Crippen LogP contribution in [0.3, 0.4) is 0 Å². The standard InChI is InChI=1S/C16H12N2O4/c19-8-15-17-12-4-2-1-3-11(12)16(20)18(15)10-5-6-13-14(7-10)22-9-21-13/h1-7,19H,8-9H2. The maximum Gasteiger partial charge on any atom is 0.266 e. The zero-order valence-corrected chi connectivity index (χ0v) is 11.5. The molecule has 0 bridgehead atoms. The van der Waals surface area contributed by atoms with Gasteiger partial charge in [-0.15, -0.1) is 0 Å². The number of fused-ring (bicyclic) bond motifs is 2. The van der Waals surface area contributed by atoms with E-state index in [1.165, 1.54) is 4.57 Å². The maximum absolute atomic E-state index is 12.7. The first-order chi connectivity index (χ1) is 10.8. The third-order valence-electron chi connectivity index (χ3n) is 3.60. The van der Waals surface area contributed by atoms with Crippen molar-refractivity contribution in [3.8, 4) is 17.2 Å². The van der Waals surface area contributed by atoms with Gasteiger partial charge in [-0.05, 0) is 24.3 Å². The molecule has 110 valence electrons. The first-order valence-electron chi connectivity index (χ1n) is 6.79. The van der Waals surface area contributed by atoms with Crippen LogP contribution in [-0.4, -0.2) is 21.5 Å². The Kier molecular flexibility index (Phi) is 2.83. The summed E-state index contributed by atoms with van der Waals surface area (Å²) in [5.41, 5.74) is 0.915. The number of ether oxygens (including phenoxy) is 2. The molecule has 2 heterocycles. The van der Waals surface area contributed by atoms with Crippen molar-refractivity contribution in [3.63, 3.8) is 0 Å². The molecule has 0 radical (unpaired) electrons. The second-order valence-corrected chi connectivity index (χ2v) is 4.88. The van der Waals surface area contributed by atoms with Crippen LogP contribution in [0.5, 0.6) is 11.5 Å². The Morgan fingerprint density at radius 3 is 2.82 bits per heavy atom. The van der Waals surface area contributed by atoms with Crippen LogP contribution < -0.4 is 15.0 Å². The van der Waals surface area contributed by atoms with Gasteiger partial charge in [0, 0.05) is 6.07 Å². The molecule has 0 saturated heterocycles. The van der Waals surface area contributed by atoms with Crippen LogP contribution in [0.2, 0.25) is 0 Å². The third kappa shape index (κ3) is 1.85. The first kappa shape index (κ1) is 12.8. The smallest absolute Gasteiger partial charge is 0.266 e. The molecule has 6 heteroatoms. The van der Waals surface area contributed by atoms with E-state index in [9.17, 15) is 9.90 Å². The third-order valence-corrected chi connectivity index (χ3v) is 3.60. The van der Waals surface area contributed by atoms with Gasteiger partial charge in [-0.2, -0.15) is 0 Å². The summed E-state index contributed by atoms with van der Waals surface area (Å²) in [6.45, 7) is -0.176. The van der Waals surface area contributed by atoms with Crippen molar-refractivity contribution < 1.29 is 14.6 Å². The number of nitrogens with zero attached hydrogens (tertiary/aromatic N) is 2. The van der Waals surface area contributed by atoms with E-state index >= 15 is 0 Å². The van der Waals surface area contributed by atoms with Gasteiger partial charge in [-0.1, -0.05) is 12.1 Å². The van der Waals surface area contributed by atoms with Crippen molar-refractivity contribution in [2.24, 2.45) is 0 Å². The van der Waals surface area contributed by atoms with Crippen LogP contribution in [0.25, 0.3) is 16.6 Å². The quantitative estimate of drug-likeness (QED) is 0.777. The molecule has 2 aromatic carbocycles. The summed E-state index contributed by atoms with van der Waals surface area (Å²) in [5.74, 6) is 1.49. The Morgan fingerprint density at radius 2 is 1.95 bits per heavy atom. The van der Waals surface area contributed by atoms with E-state index in [1.807, 2.05) is 0 Å². The molecule has 4 rings (SSSR count). The fraction of sp³-hybridized carbons (Fsp3) is 0.125. The minimum atomic E-state index is -0.339. The van der Waals surface area contributed by atoms with Gasteiger partial charge >= 0.3 is 0 Å². The average molecular weight is 296 g/mol. The first-order valence-corrected chi connectivity index (χ1v) is 6.79. The molecular weight excluding hydrogens is 284 g/mol. The predicted molar refractivity (Wildman–Crippen MR) is 79.4 cm³/mol. The normalized spacial score (nSPS) is 12.8. The lowest BCUT2D eigenvalue weighted by molar-refractivity contribution is 0.174. The average Bonchev–Trinajstić information content (AvgIpc) is 3.02. The van der Waals surface area contributed by atoms with Crippen LogP contribution in [0.4, 0.5) is 0 Å². The number of aromatic nitrogens is 2. The highest BCUT2D eigenvalue weighted by Gasteiger charge is 2.17.